The highest BCUT2D eigenvalue weighted by Crippen LogP contribution is 2.37. The van der Waals surface area contributed by atoms with Gasteiger partial charge in [-0.15, -0.1) is 0 Å². The first-order valence-corrected chi connectivity index (χ1v) is 8.05. The Morgan fingerprint density at radius 3 is 2.44 bits per heavy atom. The molecule has 3 amide bonds. The van der Waals surface area contributed by atoms with Crippen molar-refractivity contribution in [3.8, 4) is 0 Å². The molecule has 1 aromatic carbocycles. The molecule has 3 rings (SSSR count). The summed E-state index contributed by atoms with van der Waals surface area (Å²) < 4.78 is 38.3. The van der Waals surface area contributed by atoms with Gasteiger partial charge in [-0.1, -0.05) is 12.1 Å². The number of carbonyl (C=O) groups is 3. The molecule has 0 fully saturated rings. The topological polar surface area (TPSA) is 90.0 Å². The summed E-state index contributed by atoms with van der Waals surface area (Å²) in [7, 11) is 1.47. The van der Waals surface area contributed by atoms with Gasteiger partial charge in [0.1, 0.15) is 0 Å². The lowest BCUT2D eigenvalue weighted by Crippen LogP contribution is -2.45. The minimum atomic E-state index is -4.49. The van der Waals surface area contributed by atoms with Crippen LogP contribution in [0.5, 0.6) is 0 Å². The van der Waals surface area contributed by atoms with E-state index in [-0.39, 0.29) is 25.1 Å². The Bertz CT molecular complexity index is 833. The zero-order valence-corrected chi connectivity index (χ0v) is 14.2. The van der Waals surface area contributed by atoms with Crippen LogP contribution < -0.4 is 5.32 Å². The molecule has 0 aliphatic carbocycles. The van der Waals surface area contributed by atoms with Crippen molar-refractivity contribution in [2.75, 3.05) is 20.1 Å². The van der Waals surface area contributed by atoms with Gasteiger partial charge in [0.2, 0.25) is 0 Å². The Balaban J connectivity index is 1.93. The van der Waals surface area contributed by atoms with Crippen LogP contribution in [0.15, 0.2) is 35.5 Å². The Morgan fingerprint density at radius 2 is 1.89 bits per heavy atom. The molecule has 0 bridgehead atoms. The van der Waals surface area contributed by atoms with E-state index in [2.05, 4.69) is 5.32 Å². The van der Waals surface area contributed by atoms with Gasteiger partial charge in [-0.3, -0.25) is 14.5 Å². The van der Waals surface area contributed by atoms with Gasteiger partial charge in [-0.05, 0) is 17.7 Å². The third-order valence-corrected chi connectivity index (χ3v) is 4.60. The zero-order valence-electron chi connectivity index (χ0n) is 14.2. The van der Waals surface area contributed by atoms with Crippen molar-refractivity contribution >= 4 is 17.9 Å². The fourth-order valence-electron chi connectivity index (χ4n) is 3.15. The molecule has 2 N–H and O–H groups in total. The van der Waals surface area contributed by atoms with Gasteiger partial charge in [0.15, 0.2) is 0 Å². The van der Waals surface area contributed by atoms with Gasteiger partial charge in [0.05, 0.1) is 35.8 Å². The van der Waals surface area contributed by atoms with Gasteiger partial charge in [0, 0.05) is 13.6 Å². The monoisotopic (exact) mass is 383 g/mol. The predicted octanol–water partition coefficient (Wildman–Crippen LogP) is 1.97. The molecular weight excluding hydrogens is 367 g/mol. The van der Waals surface area contributed by atoms with Crippen LogP contribution >= 0.6 is 0 Å². The Hall–Kier alpha value is -3.04. The standard InChI is InChI=1S/C17H16F3N3O4/c1-22-11-8-23(7-6-12(24)25)15(26)13(11)14(21-16(22)27)9-2-4-10(5-3-9)17(18,19)20/h2-5,14H,6-8H2,1H3,(H,21,27)(H,24,25)/t14-/m0/s1. The molecule has 2 aliphatic rings. The van der Waals surface area contributed by atoms with E-state index in [1.165, 1.54) is 29.0 Å². The number of urea groups is 1. The maximum absolute atomic E-state index is 12.8. The second-order valence-electron chi connectivity index (χ2n) is 6.29. The summed E-state index contributed by atoms with van der Waals surface area (Å²) in [6.07, 6.45) is -4.74. The van der Waals surface area contributed by atoms with Crippen LogP contribution in [0.4, 0.5) is 18.0 Å². The molecule has 144 valence electrons. The van der Waals surface area contributed by atoms with E-state index in [0.717, 1.165) is 12.1 Å². The number of halogens is 3. The molecule has 0 radical (unpaired) electrons. The molecule has 2 aliphatic heterocycles. The van der Waals surface area contributed by atoms with Crippen LogP contribution in [0.25, 0.3) is 0 Å². The van der Waals surface area contributed by atoms with E-state index in [9.17, 15) is 27.6 Å². The molecule has 1 aromatic rings. The van der Waals surface area contributed by atoms with Crippen molar-refractivity contribution in [3.63, 3.8) is 0 Å². The Kier molecular flexibility index (Phi) is 4.58. The Labute approximate surface area is 152 Å². The minimum Gasteiger partial charge on any atom is -0.481 e. The van der Waals surface area contributed by atoms with Crippen molar-refractivity contribution in [1.82, 2.24) is 15.1 Å². The van der Waals surface area contributed by atoms with E-state index in [1.807, 2.05) is 0 Å². The lowest BCUT2D eigenvalue weighted by atomic mass is 9.95. The molecule has 2 heterocycles. The van der Waals surface area contributed by atoms with Crippen molar-refractivity contribution < 1.29 is 32.7 Å². The van der Waals surface area contributed by atoms with Gasteiger partial charge >= 0.3 is 18.2 Å². The fourth-order valence-corrected chi connectivity index (χ4v) is 3.15. The first-order valence-electron chi connectivity index (χ1n) is 8.05. The maximum atomic E-state index is 12.8. The number of likely N-dealkylation sites (N-methyl/N-ethyl adjacent to an activating group) is 1. The number of nitrogens with one attached hydrogen (secondary N) is 1. The van der Waals surface area contributed by atoms with Gasteiger partial charge in [-0.2, -0.15) is 13.2 Å². The smallest absolute Gasteiger partial charge is 0.416 e. The average molecular weight is 383 g/mol. The lowest BCUT2D eigenvalue weighted by molar-refractivity contribution is -0.138. The SMILES string of the molecule is CN1C(=O)N[C@@H](c2ccc(C(F)(F)F)cc2)C2=C1CN(CCC(=O)O)C2=O. The molecule has 7 nitrogen and oxygen atoms in total. The van der Waals surface area contributed by atoms with E-state index in [0.29, 0.717) is 11.3 Å². The normalized spacial score (nSPS) is 20.1. The summed E-state index contributed by atoms with van der Waals surface area (Å²) in [5.41, 5.74) is 0.159. The second-order valence-corrected chi connectivity index (χ2v) is 6.29. The number of carbonyl (C=O) groups excluding carboxylic acids is 2. The van der Waals surface area contributed by atoms with E-state index in [1.54, 1.807) is 0 Å². The molecular formula is C17H16F3N3O4. The molecule has 0 saturated heterocycles. The highest BCUT2D eigenvalue weighted by atomic mass is 19.4. The van der Waals surface area contributed by atoms with Gasteiger partial charge in [0.25, 0.3) is 5.91 Å². The van der Waals surface area contributed by atoms with Gasteiger partial charge in [-0.25, -0.2) is 4.79 Å². The molecule has 0 saturated carbocycles. The average Bonchev–Trinajstić information content (AvgIpc) is 2.93. The Morgan fingerprint density at radius 1 is 1.26 bits per heavy atom. The fraction of sp³-hybridized carbons (Fsp3) is 0.353. The number of benzene rings is 1. The first-order chi connectivity index (χ1) is 12.6. The molecule has 1 atom stereocenters. The summed E-state index contributed by atoms with van der Waals surface area (Å²) in [6.45, 7) is 0.0471. The summed E-state index contributed by atoms with van der Waals surface area (Å²) in [4.78, 5) is 38.3. The number of nitrogens with zero attached hydrogens (tertiary/aromatic N) is 2. The number of hydrogen-bond acceptors (Lipinski definition) is 3. The first kappa shape index (κ1) is 18.7. The van der Waals surface area contributed by atoms with Gasteiger partial charge < -0.3 is 15.3 Å². The summed E-state index contributed by atoms with van der Waals surface area (Å²) in [5, 5.41) is 11.4. The minimum absolute atomic E-state index is 0.0249. The number of aliphatic carboxylic acids is 1. The summed E-state index contributed by atoms with van der Waals surface area (Å²) >= 11 is 0. The van der Waals surface area contributed by atoms with E-state index >= 15 is 0 Å². The van der Waals surface area contributed by atoms with Crippen molar-refractivity contribution in [2.45, 2.75) is 18.6 Å². The third-order valence-electron chi connectivity index (χ3n) is 4.60. The van der Waals surface area contributed by atoms with Crippen LogP contribution in [0.2, 0.25) is 0 Å². The number of hydrogen-bond donors (Lipinski definition) is 2. The van der Waals surface area contributed by atoms with Crippen LogP contribution in [-0.2, 0) is 15.8 Å². The number of rotatable bonds is 4. The van der Waals surface area contributed by atoms with Crippen LogP contribution in [0, 0.1) is 0 Å². The zero-order chi connectivity index (χ0) is 19.9. The van der Waals surface area contributed by atoms with E-state index in [4.69, 9.17) is 5.11 Å². The van der Waals surface area contributed by atoms with Crippen molar-refractivity contribution in [3.05, 3.63) is 46.7 Å². The largest absolute Gasteiger partial charge is 0.481 e. The second kappa shape index (κ2) is 6.60. The highest BCUT2D eigenvalue weighted by Gasteiger charge is 2.43. The summed E-state index contributed by atoms with van der Waals surface area (Å²) in [6, 6.07) is 2.83. The van der Waals surface area contributed by atoms with Crippen LogP contribution in [0.1, 0.15) is 23.6 Å². The lowest BCUT2D eigenvalue weighted by Gasteiger charge is -2.31. The molecule has 0 unspecified atom stereocenters. The van der Waals surface area contributed by atoms with Crippen molar-refractivity contribution in [1.29, 1.82) is 0 Å². The number of carboxylic acids is 1. The van der Waals surface area contributed by atoms with Crippen molar-refractivity contribution in [2.24, 2.45) is 0 Å². The number of amides is 3. The molecule has 0 aromatic heterocycles. The quantitative estimate of drug-likeness (QED) is 0.832. The van der Waals surface area contributed by atoms with Crippen LogP contribution in [0.3, 0.4) is 0 Å². The molecule has 27 heavy (non-hydrogen) atoms. The number of carboxylic acid groups (broad SMARTS) is 1. The molecule has 10 heteroatoms. The predicted molar refractivity (Wildman–Crippen MR) is 86.3 cm³/mol. The highest BCUT2D eigenvalue weighted by molar-refractivity contribution is 6.01. The number of alkyl halides is 3. The third kappa shape index (κ3) is 3.46. The van der Waals surface area contributed by atoms with E-state index < -0.39 is 35.7 Å². The van der Waals surface area contributed by atoms with Crippen LogP contribution in [-0.4, -0.2) is 53.0 Å². The maximum Gasteiger partial charge on any atom is 0.416 e. The summed E-state index contributed by atoms with van der Waals surface area (Å²) in [5.74, 6) is -1.50. The molecule has 0 spiro atoms.